The largest absolute Gasteiger partial charge is 0.354 e. The van der Waals surface area contributed by atoms with Crippen LogP contribution in [0.15, 0.2) is 29.2 Å². The monoisotopic (exact) mass is 389 g/mol. The highest BCUT2D eigenvalue weighted by atomic mass is 35.5. The van der Waals surface area contributed by atoms with Crippen molar-refractivity contribution in [1.29, 1.82) is 0 Å². The Hall–Kier alpha value is -1.15. The van der Waals surface area contributed by atoms with Gasteiger partial charge in [-0.05, 0) is 45.9 Å². The summed E-state index contributed by atoms with van der Waals surface area (Å²) in [6.07, 6.45) is 1.12. The van der Waals surface area contributed by atoms with Gasteiger partial charge in [0, 0.05) is 31.6 Å². The third kappa shape index (κ3) is 5.67. The van der Waals surface area contributed by atoms with Gasteiger partial charge in [0.25, 0.3) is 0 Å². The second-order valence-corrected chi connectivity index (χ2v) is 8.36. The van der Waals surface area contributed by atoms with Crippen molar-refractivity contribution in [2.45, 2.75) is 37.6 Å². The first-order valence-corrected chi connectivity index (χ1v) is 9.80. The zero-order valence-corrected chi connectivity index (χ0v) is 16.6. The normalized spacial score (nSPS) is 17.6. The summed E-state index contributed by atoms with van der Waals surface area (Å²) in [4.78, 5) is 12.5. The molecule has 1 fully saturated rings. The Morgan fingerprint density at radius 1 is 1.24 bits per heavy atom. The minimum Gasteiger partial charge on any atom is -0.354 e. The van der Waals surface area contributed by atoms with Crippen LogP contribution in [-0.4, -0.2) is 51.4 Å². The summed E-state index contributed by atoms with van der Waals surface area (Å²) < 4.78 is 26.8. The second-order valence-electron chi connectivity index (χ2n) is 6.43. The first-order chi connectivity index (χ1) is 11.3. The number of piperidine rings is 1. The third-order valence-corrected chi connectivity index (χ3v) is 6.47. The Morgan fingerprint density at radius 3 is 2.32 bits per heavy atom. The predicted molar refractivity (Wildman–Crippen MR) is 101 cm³/mol. The van der Waals surface area contributed by atoms with Crippen molar-refractivity contribution >= 4 is 28.3 Å². The Balaban J connectivity index is 0.00000312. The number of hydrogen-bond acceptors (Lipinski definition) is 4. The Labute approximate surface area is 156 Å². The van der Waals surface area contributed by atoms with Crippen molar-refractivity contribution in [2.24, 2.45) is 5.92 Å². The summed E-state index contributed by atoms with van der Waals surface area (Å²) in [7, 11) is -1.61. The van der Waals surface area contributed by atoms with Crippen molar-refractivity contribution < 1.29 is 13.2 Å². The van der Waals surface area contributed by atoms with Gasteiger partial charge in [-0.15, -0.1) is 12.4 Å². The molecule has 0 spiro atoms. The predicted octanol–water partition coefficient (Wildman–Crippen LogP) is 1.54. The molecule has 1 heterocycles. The van der Waals surface area contributed by atoms with E-state index in [0.717, 1.165) is 5.56 Å². The highest BCUT2D eigenvalue weighted by Gasteiger charge is 2.31. The molecule has 1 aliphatic rings. The van der Waals surface area contributed by atoms with Gasteiger partial charge in [0.1, 0.15) is 0 Å². The van der Waals surface area contributed by atoms with E-state index in [0.29, 0.717) is 37.4 Å². The fourth-order valence-electron chi connectivity index (χ4n) is 2.72. The number of halogens is 1. The summed E-state index contributed by atoms with van der Waals surface area (Å²) in [5, 5.41) is 6.00. The summed E-state index contributed by atoms with van der Waals surface area (Å²) in [5.41, 5.74) is 1.03. The van der Waals surface area contributed by atoms with E-state index >= 15 is 0 Å². The molecule has 0 aliphatic carbocycles. The molecule has 142 valence electrons. The lowest BCUT2D eigenvalue weighted by atomic mass is 9.97. The van der Waals surface area contributed by atoms with Gasteiger partial charge in [0.2, 0.25) is 15.9 Å². The molecule has 1 amide bonds. The van der Waals surface area contributed by atoms with Gasteiger partial charge in [-0.2, -0.15) is 4.31 Å². The number of likely N-dealkylation sites (N-methyl/N-ethyl adjacent to an activating group) is 1. The molecule has 25 heavy (non-hydrogen) atoms. The fourth-order valence-corrected chi connectivity index (χ4v) is 4.19. The van der Waals surface area contributed by atoms with E-state index in [-0.39, 0.29) is 30.3 Å². The maximum Gasteiger partial charge on any atom is 0.243 e. The van der Waals surface area contributed by atoms with Crippen LogP contribution in [0.3, 0.4) is 0 Å². The molecule has 0 aromatic heterocycles. The van der Waals surface area contributed by atoms with Crippen molar-refractivity contribution in [3.05, 3.63) is 29.8 Å². The van der Waals surface area contributed by atoms with Gasteiger partial charge in [0.15, 0.2) is 0 Å². The van der Waals surface area contributed by atoms with Gasteiger partial charge in [-0.25, -0.2) is 8.42 Å². The number of amides is 1. The molecular weight excluding hydrogens is 362 g/mol. The van der Waals surface area contributed by atoms with E-state index in [1.165, 1.54) is 4.31 Å². The summed E-state index contributed by atoms with van der Waals surface area (Å²) in [5.74, 6) is -0.0944. The van der Waals surface area contributed by atoms with Crippen molar-refractivity contribution in [1.82, 2.24) is 14.9 Å². The van der Waals surface area contributed by atoms with Gasteiger partial charge < -0.3 is 10.6 Å². The summed E-state index contributed by atoms with van der Waals surface area (Å²) >= 11 is 0. The van der Waals surface area contributed by atoms with E-state index in [9.17, 15) is 13.2 Å². The molecule has 0 radical (unpaired) electrons. The Morgan fingerprint density at radius 2 is 1.80 bits per heavy atom. The molecular formula is C17H28ClN3O3S. The molecule has 6 nitrogen and oxygen atoms in total. The number of hydrogen-bond donors (Lipinski definition) is 2. The standard InChI is InChI=1S/C17H27N3O3S.ClH/c1-13-4-6-16(7-5-13)24(22,23)20-10-8-15(9-11-20)17(21)19-12-14(2)18-3;/h4-7,14-15,18H,8-12H2,1-3H3,(H,19,21);1H. The number of benzene rings is 1. The van der Waals surface area contributed by atoms with Crippen LogP contribution in [0.5, 0.6) is 0 Å². The summed E-state index contributed by atoms with van der Waals surface area (Å²) in [6, 6.07) is 7.10. The van der Waals surface area contributed by atoms with Crippen molar-refractivity contribution in [3.8, 4) is 0 Å². The van der Waals surface area contributed by atoms with Crippen LogP contribution >= 0.6 is 12.4 Å². The zero-order chi connectivity index (χ0) is 17.7. The average Bonchev–Trinajstić information content (AvgIpc) is 2.59. The first-order valence-electron chi connectivity index (χ1n) is 8.36. The number of carbonyl (C=O) groups excluding carboxylic acids is 1. The number of nitrogens with one attached hydrogen (secondary N) is 2. The topological polar surface area (TPSA) is 78.5 Å². The molecule has 1 aliphatic heterocycles. The van der Waals surface area contributed by atoms with Crippen molar-refractivity contribution in [3.63, 3.8) is 0 Å². The highest BCUT2D eigenvalue weighted by molar-refractivity contribution is 7.89. The maximum atomic E-state index is 12.6. The molecule has 1 atom stereocenters. The van der Waals surface area contributed by atoms with Crippen LogP contribution in [0.1, 0.15) is 25.3 Å². The molecule has 0 bridgehead atoms. The lowest BCUT2D eigenvalue weighted by molar-refractivity contribution is -0.126. The number of nitrogens with zero attached hydrogens (tertiary/aromatic N) is 1. The van der Waals surface area contributed by atoms with Gasteiger partial charge in [0.05, 0.1) is 4.90 Å². The van der Waals surface area contributed by atoms with Crippen LogP contribution in [0.25, 0.3) is 0 Å². The van der Waals surface area contributed by atoms with Crippen LogP contribution in [0.4, 0.5) is 0 Å². The summed E-state index contributed by atoms with van der Waals surface area (Å²) in [6.45, 7) is 5.27. The van der Waals surface area contributed by atoms with Crippen LogP contribution in [-0.2, 0) is 14.8 Å². The minimum absolute atomic E-state index is 0. The van der Waals surface area contributed by atoms with E-state index < -0.39 is 10.0 Å². The second kappa shape index (κ2) is 9.52. The highest BCUT2D eigenvalue weighted by Crippen LogP contribution is 2.24. The van der Waals surface area contributed by atoms with Gasteiger partial charge in [-0.3, -0.25) is 4.79 Å². The zero-order valence-electron chi connectivity index (χ0n) is 15.0. The molecule has 2 rings (SSSR count). The SMILES string of the molecule is CNC(C)CNC(=O)C1CCN(S(=O)(=O)c2ccc(C)cc2)CC1.Cl. The van der Waals surface area contributed by atoms with Crippen molar-refractivity contribution in [2.75, 3.05) is 26.7 Å². The number of aryl methyl sites for hydroxylation is 1. The van der Waals surface area contributed by atoms with Crippen LogP contribution in [0, 0.1) is 12.8 Å². The molecule has 0 saturated carbocycles. The quantitative estimate of drug-likeness (QED) is 0.773. The fraction of sp³-hybridized carbons (Fsp3) is 0.588. The number of sulfonamides is 1. The molecule has 2 N–H and O–H groups in total. The minimum atomic E-state index is -3.47. The Bertz CT molecular complexity index is 656. The molecule has 1 aromatic rings. The van der Waals surface area contributed by atoms with E-state index in [1.807, 2.05) is 20.9 Å². The third-order valence-electron chi connectivity index (χ3n) is 4.56. The van der Waals surface area contributed by atoms with Gasteiger partial charge >= 0.3 is 0 Å². The van der Waals surface area contributed by atoms with Crippen LogP contribution in [0.2, 0.25) is 0 Å². The first kappa shape index (κ1) is 21.9. The maximum absolute atomic E-state index is 12.6. The molecule has 8 heteroatoms. The van der Waals surface area contributed by atoms with E-state index in [1.54, 1.807) is 24.3 Å². The smallest absolute Gasteiger partial charge is 0.243 e. The molecule has 1 aromatic carbocycles. The molecule has 1 unspecified atom stereocenters. The number of rotatable bonds is 6. The number of carbonyl (C=O) groups is 1. The lowest BCUT2D eigenvalue weighted by Gasteiger charge is -2.30. The lowest BCUT2D eigenvalue weighted by Crippen LogP contribution is -2.45. The van der Waals surface area contributed by atoms with Crippen LogP contribution < -0.4 is 10.6 Å². The van der Waals surface area contributed by atoms with E-state index in [2.05, 4.69) is 10.6 Å². The van der Waals surface area contributed by atoms with Gasteiger partial charge in [-0.1, -0.05) is 17.7 Å². The van der Waals surface area contributed by atoms with E-state index in [4.69, 9.17) is 0 Å². The molecule has 1 saturated heterocycles. The average molecular weight is 390 g/mol. The Kier molecular flexibility index (Phi) is 8.34.